The Morgan fingerprint density at radius 3 is 2.62 bits per heavy atom. The second kappa shape index (κ2) is 7.54. The Morgan fingerprint density at radius 1 is 1.28 bits per heavy atom. The van der Waals surface area contributed by atoms with E-state index in [4.69, 9.17) is 16.2 Å². The maximum Gasteiger partial charge on any atom is 0.340 e. The first-order valence-electron chi connectivity index (χ1n) is 8.31. The number of halogens is 1. The van der Waals surface area contributed by atoms with Crippen LogP contribution in [0, 0.1) is 5.82 Å². The number of primary amides is 1. The lowest BCUT2D eigenvalue weighted by molar-refractivity contribution is 0.0695. The second-order valence-corrected chi connectivity index (χ2v) is 6.08. The number of ether oxygens (including phenoxy) is 1. The molecule has 10 nitrogen and oxygen atoms in total. The molecule has 0 saturated carbocycles. The third-order valence-corrected chi connectivity index (χ3v) is 4.23. The minimum Gasteiger partial charge on any atom is -0.494 e. The minimum atomic E-state index is -1.31. The zero-order chi connectivity index (χ0) is 21.3. The Bertz CT molecular complexity index is 1140. The number of benzene rings is 1. The number of carboxylic acids is 1. The third-order valence-electron chi connectivity index (χ3n) is 4.23. The zero-order valence-corrected chi connectivity index (χ0v) is 15.4. The summed E-state index contributed by atoms with van der Waals surface area (Å²) >= 11 is 0. The molecule has 150 valence electrons. The van der Waals surface area contributed by atoms with E-state index in [2.05, 4.69) is 20.3 Å². The number of fused-ring (bicyclic) bond motifs is 1. The number of aromatic nitrogens is 3. The molecule has 2 heterocycles. The van der Waals surface area contributed by atoms with E-state index in [0.717, 1.165) is 12.4 Å². The van der Waals surface area contributed by atoms with Crippen LogP contribution in [0.4, 0.5) is 16.0 Å². The molecule has 0 saturated heterocycles. The van der Waals surface area contributed by atoms with Crippen molar-refractivity contribution in [3.63, 3.8) is 0 Å². The topological polar surface area (TPSA) is 166 Å². The van der Waals surface area contributed by atoms with E-state index in [9.17, 15) is 19.1 Å². The van der Waals surface area contributed by atoms with Gasteiger partial charge in [0, 0.05) is 5.39 Å². The molecule has 2 aromatic heterocycles. The molecular formula is C18H17FN6O4. The lowest BCUT2D eigenvalue weighted by Gasteiger charge is -2.20. The van der Waals surface area contributed by atoms with Crippen LogP contribution in [-0.4, -0.2) is 39.0 Å². The molecule has 29 heavy (non-hydrogen) atoms. The number of nitrogens with zero attached hydrogens (tertiary/aromatic N) is 3. The Morgan fingerprint density at radius 2 is 2.00 bits per heavy atom. The second-order valence-electron chi connectivity index (χ2n) is 6.08. The first-order chi connectivity index (χ1) is 13.7. The van der Waals surface area contributed by atoms with Crippen molar-refractivity contribution in [2.24, 2.45) is 5.73 Å². The van der Waals surface area contributed by atoms with Crippen LogP contribution in [0.25, 0.3) is 10.9 Å². The molecule has 3 aromatic rings. The monoisotopic (exact) mass is 400 g/mol. The number of pyridine rings is 1. The predicted octanol–water partition coefficient (Wildman–Crippen LogP) is 1.72. The van der Waals surface area contributed by atoms with Crippen LogP contribution < -0.4 is 21.5 Å². The van der Waals surface area contributed by atoms with Gasteiger partial charge in [-0.05, 0) is 25.1 Å². The molecule has 0 spiro atoms. The first-order valence-corrected chi connectivity index (χ1v) is 8.31. The molecule has 1 aromatic carbocycles. The van der Waals surface area contributed by atoms with E-state index < -0.39 is 23.7 Å². The zero-order valence-electron chi connectivity index (χ0n) is 15.4. The fourth-order valence-corrected chi connectivity index (χ4v) is 2.97. The average Bonchev–Trinajstić information content (AvgIpc) is 2.65. The first kappa shape index (κ1) is 19.7. The number of nitrogens with two attached hydrogens (primary N) is 2. The van der Waals surface area contributed by atoms with E-state index in [1.54, 1.807) is 6.92 Å². The maximum atomic E-state index is 13.7. The van der Waals surface area contributed by atoms with Gasteiger partial charge in [-0.1, -0.05) is 0 Å². The van der Waals surface area contributed by atoms with Gasteiger partial charge in [-0.3, -0.25) is 4.79 Å². The number of anilines is 2. The Balaban J connectivity index is 2.17. The smallest absolute Gasteiger partial charge is 0.340 e. The largest absolute Gasteiger partial charge is 0.494 e. The van der Waals surface area contributed by atoms with Gasteiger partial charge in [0.15, 0.2) is 5.75 Å². The number of amides is 1. The molecule has 1 unspecified atom stereocenters. The molecule has 0 aliphatic carbocycles. The molecular weight excluding hydrogens is 383 g/mol. The third kappa shape index (κ3) is 3.57. The van der Waals surface area contributed by atoms with E-state index in [0.29, 0.717) is 0 Å². The summed E-state index contributed by atoms with van der Waals surface area (Å²) in [7, 11) is 1.28. The molecule has 6 N–H and O–H groups in total. The fourth-order valence-electron chi connectivity index (χ4n) is 2.97. The number of aromatic carboxylic acids is 1. The van der Waals surface area contributed by atoms with Crippen LogP contribution in [0.3, 0.4) is 0 Å². The highest BCUT2D eigenvalue weighted by Crippen LogP contribution is 2.35. The SMILES string of the molecule is COc1c(C(C)Nc2ncnc(N)c2C(N)=O)nc2ccc(F)cc2c1C(=O)O. The molecule has 0 fully saturated rings. The Kier molecular flexibility index (Phi) is 5.13. The Hall–Kier alpha value is -4.02. The summed E-state index contributed by atoms with van der Waals surface area (Å²) in [5.74, 6) is -2.86. The van der Waals surface area contributed by atoms with Crippen molar-refractivity contribution in [3.8, 4) is 5.75 Å². The van der Waals surface area contributed by atoms with Crippen LogP contribution in [0.2, 0.25) is 0 Å². The van der Waals surface area contributed by atoms with Crippen LogP contribution in [0.5, 0.6) is 5.75 Å². The molecule has 1 atom stereocenters. The number of carbonyl (C=O) groups excluding carboxylic acids is 1. The van der Waals surface area contributed by atoms with Gasteiger partial charge in [0.05, 0.1) is 18.7 Å². The quantitative estimate of drug-likeness (QED) is 0.482. The van der Waals surface area contributed by atoms with Crippen molar-refractivity contribution in [3.05, 3.63) is 47.2 Å². The summed E-state index contributed by atoms with van der Waals surface area (Å²) in [4.78, 5) is 35.7. The summed E-state index contributed by atoms with van der Waals surface area (Å²) in [5, 5.41) is 12.7. The van der Waals surface area contributed by atoms with Crippen LogP contribution in [0.1, 0.15) is 39.4 Å². The van der Waals surface area contributed by atoms with Gasteiger partial charge < -0.3 is 26.6 Å². The summed E-state index contributed by atoms with van der Waals surface area (Å²) in [6.07, 6.45) is 1.15. The number of methoxy groups -OCH3 is 1. The molecule has 1 amide bonds. The van der Waals surface area contributed by atoms with E-state index >= 15 is 0 Å². The van der Waals surface area contributed by atoms with Gasteiger partial charge in [-0.15, -0.1) is 0 Å². The van der Waals surface area contributed by atoms with Crippen molar-refractivity contribution >= 4 is 34.4 Å². The number of nitrogens with one attached hydrogen (secondary N) is 1. The number of rotatable bonds is 6. The van der Waals surface area contributed by atoms with Gasteiger partial charge in [0.25, 0.3) is 5.91 Å². The standard InChI is InChI=1S/C18H17FN6O4/c1-7(24-17-12(16(21)26)15(20)22-6-23-17)13-14(29-2)11(18(27)28)9-5-8(19)3-4-10(9)25-13/h3-7H,1-2H3,(H2,21,26)(H,27,28)(H3,20,22,23,24). The number of carbonyl (C=O) groups is 2. The van der Waals surface area contributed by atoms with Gasteiger partial charge in [-0.2, -0.15) is 0 Å². The van der Waals surface area contributed by atoms with Crippen LogP contribution in [0.15, 0.2) is 24.5 Å². The van der Waals surface area contributed by atoms with E-state index in [-0.39, 0.29) is 45.1 Å². The summed E-state index contributed by atoms with van der Waals surface area (Å²) in [6, 6.07) is 2.92. The average molecular weight is 400 g/mol. The summed E-state index contributed by atoms with van der Waals surface area (Å²) < 4.78 is 19.0. The van der Waals surface area contributed by atoms with Crippen molar-refractivity contribution in [1.82, 2.24) is 15.0 Å². The highest BCUT2D eigenvalue weighted by molar-refractivity contribution is 6.05. The molecule has 11 heteroatoms. The summed E-state index contributed by atoms with van der Waals surface area (Å²) in [6.45, 7) is 1.65. The maximum absolute atomic E-state index is 13.7. The van der Waals surface area contributed by atoms with Gasteiger partial charge in [0.2, 0.25) is 0 Å². The normalized spacial score (nSPS) is 11.8. The van der Waals surface area contributed by atoms with Gasteiger partial charge >= 0.3 is 5.97 Å². The predicted molar refractivity (Wildman–Crippen MR) is 102 cm³/mol. The lowest BCUT2D eigenvalue weighted by Crippen LogP contribution is -2.21. The highest BCUT2D eigenvalue weighted by Gasteiger charge is 2.26. The molecule has 3 rings (SSSR count). The number of nitrogen functional groups attached to an aromatic ring is 1. The lowest BCUT2D eigenvalue weighted by atomic mass is 10.0. The van der Waals surface area contributed by atoms with Gasteiger partial charge in [-0.25, -0.2) is 24.1 Å². The van der Waals surface area contributed by atoms with Crippen LogP contribution >= 0.6 is 0 Å². The van der Waals surface area contributed by atoms with Crippen molar-refractivity contribution < 1.29 is 23.8 Å². The van der Waals surface area contributed by atoms with Crippen molar-refractivity contribution in [2.45, 2.75) is 13.0 Å². The molecule has 0 aliphatic heterocycles. The summed E-state index contributed by atoms with van der Waals surface area (Å²) in [5.41, 5.74) is 11.2. The van der Waals surface area contributed by atoms with Crippen molar-refractivity contribution in [2.75, 3.05) is 18.2 Å². The Labute approximate surface area is 163 Å². The van der Waals surface area contributed by atoms with Crippen LogP contribution in [-0.2, 0) is 0 Å². The fraction of sp³-hybridized carbons (Fsp3) is 0.167. The van der Waals surface area contributed by atoms with E-state index in [1.807, 2.05) is 0 Å². The minimum absolute atomic E-state index is 0.0532. The molecule has 0 radical (unpaired) electrons. The highest BCUT2D eigenvalue weighted by atomic mass is 19.1. The number of carboxylic acid groups (broad SMARTS) is 1. The van der Waals surface area contributed by atoms with Crippen molar-refractivity contribution in [1.29, 1.82) is 0 Å². The number of hydrogen-bond acceptors (Lipinski definition) is 8. The van der Waals surface area contributed by atoms with Gasteiger partial charge in [0.1, 0.15) is 40.6 Å². The number of hydrogen-bond donors (Lipinski definition) is 4. The molecule has 0 aliphatic rings. The van der Waals surface area contributed by atoms with E-state index in [1.165, 1.54) is 19.2 Å². The molecule has 0 bridgehead atoms.